The lowest BCUT2D eigenvalue weighted by atomic mass is 9.47. The van der Waals surface area contributed by atoms with E-state index in [4.69, 9.17) is 14.2 Å². The third-order valence-corrected chi connectivity index (χ3v) is 12.5. The van der Waals surface area contributed by atoms with Gasteiger partial charge in [-0.2, -0.15) is 0 Å². The summed E-state index contributed by atoms with van der Waals surface area (Å²) in [6, 6.07) is 25.3. The molecule has 6 aromatic rings. The molecule has 304 valence electrons. The number of carbonyl (C=O) groups excluding carboxylic acids is 2. The van der Waals surface area contributed by atoms with Crippen molar-refractivity contribution >= 4 is 28.2 Å². The van der Waals surface area contributed by atoms with Crippen LogP contribution >= 0.6 is 0 Å². The molecule has 0 amide bonds. The molecule has 3 heterocycles. The number of aryl methyl sites for hydroxylation is 2. The van der Waals surface area contributed by atoms with E-state index < -0.39 is 40.2 Å². The molecule has 60 heavy (non-hydrogen) atoms. The van der Waals surface area contributed by atoms with Crippen molar-refractivity contribution < 1.29 is 28.9 Å². The summed E-state index contributed by atoms with van der Waals surface area (Å²) in [5, 5.41) is 11.7. The van der Waals surface area contributed by atoms with Crippen LogP contribution in [0.3, 0.4) is 0 Å². The number of carbonyl (C=O) groups is 2. The fraction of sp³-hybridized carbons (Fsp3) is 0.261. The maximum absolute atomic E-state index is 15.3. The number of rotatable bonds is 9. The Bertz CT molecular complexity index is 2990. The number of fused-ring (bicyclic) bond motifs is 5. The van der Waals surface area contributed by atoms with E-state index in [9.17, 15) is 19.5 Å². The number of phenolic OH excluding ortho intramolecular Hbond substituents is 1. The summed E-state index contributed by atoms with van der Waals surface area (Å²) in [5.41, 5.74) is 0.270. The van der Waals surface area contributed by atoms with Crippen LogP contribution in [0.25, 0.3) is 16.6 Å². The molecule has 4 unspecified atom stereocenters. The zero-order valence-electron chi connectivity index (χ0n) is 33.3. The van der Waals surface area contributed by atoms with Crippen LogP contribution in [0.4, 0.5) is 0 Å². The molecule has 0 bridgehead atoms. The van der Waals surface area contributed by atoms with E-state index in [2.05, 4.69) is 4.98 Å². The average molecular weight is 808 g/mol. The van der Waals surface area contributed by atoms with Crippen LogP contribution in [0.5, 0.6) is 23.0 Å². The van der Waals surface area contributed by atoms with Gasteiger partial charge < -0.3 is 23.9 Å². The fourth-order valence-corrected chi connectivity index (χ4v) is 9.70. The number of aromatic hydroxyl groups is 1. The van der Waals surface area contributed by atoms with Gasteiger partial charge in [-0.3, -0.25) is 14.4 Å². The quantitative estimate of drug-likeness (QED) is 0.206. The maximum atomic E-state index is 15.3. The van der Waals surface area contributed by atoms with E-state index in [1.165, 1.54) is 47.4 Å². The van der Waals surface area contributed by atoms with Gasteiger partial charge in [0.05, 0.1) is 50.4 Å². The minimum Gasteiger partial charge on any atom is -0.508 e. The van der Waals surface area contributed by atoms with Crippen LogP contribution < -0.4 is 31.1 Å². The van der Waals surface area contributed by atoms with Gasteiger partial charge in [0.2, 0.25) is 0 Å². The Hall–Kier alpha value is -7.22. The van der Waals surface area contributed by atoms with Crippen molar-refractivity contribution in [3.63, 3.8) is 0 Å². The lowest BCUT2D eigenvalue weighted by Crippen LogP contribution is -2.58. The monoisotopic (exact) mass is 807 g/mol. The highest BCUT2D eigenvalue weighted by Gasteiger charge is 2.63. The third-order valence-electron chi connectivity index (χ3n) is 12.5. The lowest BCUT2D eigenvalue weighted by Gasteiger charge is -2.54. The summed E-state index contributed by atoms with van der Waals surface area (Å²) in [4.78, 5) is 77.5. The van der Waals surface area contributed by atoms with Gasteiger partial charge in [0.1, 0.15) is 17.2 Å². The maximum Gasteiger partial charge on any atom is 0.347 e. The molecule has 1 saturated carbocycles. The lowest BCUT2D eigenvalue weighted by molar-refractivity contribution is -0.133. The summed E-state index contributed by atoms with van der Waals surface area (Å²) in [7, 11) is 6.10. The molecule has 1 fully saturated rings. The molecule has 1 N–H and O–H groups in total. The number of ketones is 2. The Morgan fingerprint density at radius 3 is 2.23 bits per heavy atom. The standard InChI is InChI=1S/C46H41N5O9/c1-48-36-25-39(60-4)38(59-3)24-34(36)47-33(43(48)55)18-19-49-44(56)50-20-17-29-35(51(50)45(49)57)23-32-42(54)30(26-11-7-5-8-12-26)22-40(53)46(32,27-13-9-6-10-14-27)41(29)31-21-28(58-2)15-16-37(31)52/h5-17,21-22,24-25,32,35,41,52H,18-20,23H2,1-4H3. The van der Waals surface area contributed by atoms with Gasteiger partial charge in [-0.25, -0.2) is 28.5 Å². The highest BCUT2D eigenvalue weighted by atomic mass is 16.5. The third kappa shape index (κ3) is 5.61. The van der Waals surface area contributed by atoms with Crippen molar-refractivity contribution in [2.24, 2.45) is 13.0 Å². The van der Waals surface area contributed by atoms with Crippen molar-refractivity contribution in [2.45, 2.75) is 43.3 Å². The second-order valence-corrected chi connectivity index (χ2v) is 15.3. The molecule has 14 nitrogen and oxygen atoms in total. The first kappa shape index (κ1) is 38.3. The number of methoxy groups -OCH3 is 3. The van der Waals surface area contributed by atoms with Gasteiger partial charge in [0, 0.05) is 55.1 Å². The predicted molar refractivity (Wildman–Crippen MR) is 222 cm³/mol. The van der Waals surface area contributed by atoms with Crippen LogP contribution in [-0.4, -0.2) is 61.5 Å². The number of hydrogen-bond donors (Lipinski definition) is 1. The zero-order chi connectivity index (χ0) is 42.0. The molecule has 2 aliphatic carbocycles. The van der Waals surface area contributed by atoms with Crippen LogP contribution in [-0.2, 0) is 41.6 Å². The number of ether oxygens (including phenoxy) is 3. The molecule has 0 radical (unpaired) electrons. The first-order valence-corrected chi connectivity index (χ1v) is 19.5. The molecule has 0 spiro atoms. The number of nitrogens with zero attached hydrogens (tertiary/aromatic N) is 5. The molecule has 4 atom stereocenters. The second kappa shape index (κ2) is 14.6. The molecule has 2 aromatic heterocycles. The smallest absolute Gasteiger partial charge is 0.347 e. The Morgan fingerprint density at radius 1 is 0.833 bits per heavy atom. The van der Waals surface area contributed by atoms with Gasteiger partial charge in [-0.05, 0) is 47.4 Å². The summed E-state index contributed by atoms with van der Waals surface area (Å²) >= 11 is 0. The van der Waals surface area contributed by atoms with Gasteiger partial charge in [-0.1, -0.05) is 66.7 Å². The second-order valence-electron chi connectivity index (χ2n) is 15.3. The van der Waals surface area contributed by atoms with Gasteiger partial charge in [0.25, 0.3) is 5.56 Å². The summed E-state index contributed by atoms with van der Waals surface area (Å²) < 4.78 is 21.7. The molecule has 1 aliphatic heterocycles. The number of phenols is 1. The van der Waals surface area contributed by atoms with Crippen LogP contribution in [0, 0.1) is 5.92 Å². The Balaban J connectivity index is 1.20. The Labute approximate surface area is 342 Å². The largest absolute Gasteiger partial charge is 0.508 e. The van der Waals surface area contributed by atoms with E-state index in [0.29, 0.717) is 50.5 Å². The van der Waals surface area contributed by atoms with E-state index in [1.54, 1.807) is 55.6 Å². The van der Waals surface area contributed by atoms with Crippen LogP contribution in [0.2, 0.25) is 0 Å². The minimum atomic E-state index is -1.55. The SMILES string of the molecule is COc1ccc(O)c(C2C3=CCn4c(=O)n(CCc5nc6cc(OC)c(OC)cc6n(C)c5=O)c(=O)n4C3CC3C(=O)C(c4ccccc4)=CC(=O)C32c2ccccc2)c1. The number of benzene rings is 4. The molecule has 0 saturated heterocycles. The molecule has 14 heteroatoms. The molecule has 3 aliphatic rings. The number of hydrogen-bond acceptors (Lipinski definition) is 10. The van der Waals surface area contributed by atoms with Crippen molar-refractivity contribution in [3.8, 4) is 23.0 Å². The van der Waals surface area contributed by atoms with E-state index in [1.807, 2.05) is 42.5 Å². The molecular weight excluding hydrogens is 767 g/mol. The Kier molecular flexibility index (Phi) is 9.29. The van der Waals surface area contributed by atoms with Crippen LogP contribution in [0.15, 0.2) is 123 Å². The highest BCUT2D eigenvalue weighted by molar-refractivity contribution is 6.31. The average Bonchev–Trinajstić information content (AvgIpc) is 3.52. The topological polar surface area (TPSA) is 166 Å². The van der Waals surface area contributed by atoms with Gasteiger partial charge in [0.15, 0.2) is 23.1 Å². The summed E-state index contributed by atoms with van der Waals surface area (Å²) in [6.45, 7) is -0.196. The summed E-state index contributed by atoms with van der Waals surface area (Å²) in [5.74, 6) is -1.47. The van der Waals surface area contributed by atoms with Gasteiger partial charge in [-0.15, -0.1) is 0 Å². The van der Waals surface area contributed by atoms with Crippen LogP contribution in [0.1, 0.15) is 40.8 Å². The van der Waals surface area contributed by atoms with Crippen molar-refractivity contribution in [1.29, 1.82) is 0 Å². The van der Waals surface area contributed by atoms with E-state index in [0.717, 1.165) is 4.57 Å². The van der Waals surface area contributed by atoms with Crippen molar-refractivity contribution in [3.05, 3.63) is 162 Å². The zero-order valence-corrected chi connectivity index (χ0v) is 33.3. The minimum absolute atomic E-state index is 0.00185. The molecular formula is C46H41N5O9. The van der Waals surface area contributed by atoms with Crippen molar-refractivity contribution in [1.82, 2.24) is 23.5 Å². The highest BCUT2D eigenvalue weighted by Crippen LogP contribution is 2.62. The number of aromatic nitrogens is 5. The first-order valence-electron chi connectivity index (χ1n) is 19.5. The van der Waals surface area contributed by atoms with Crippen molar-refractivity contribution in [2.75, 3.05) is 21.3 Å². The molecule has 4 aromatic carbocycles. The Morgan fingerprint density at radius 2 is 1.53 bits per heavy atom. The fourth-order valence-electron chi connectivity index (χ4n) is 9.70. The number of Topliss-reactive ketones (excluding diaryl/α,β-unsaturated/α-hetero) is 1. The number of allylic oxidation sites excluding steroid dienone is 4. The van der Waals surface area contributed by atoms with Gasteiger partial charge >= 0.3 is 11.4 Å². The first-order chi connectivity index (χ1) is 29.0. The normalized spacial score (nSPS) is 20.8. The molecule has 9 rings (SSSR count). The van der Waals surface area contributed by atoms with E-state index >= 15 is 9.59 Å². The summed E-state index contributed by atoms with van der Waals surface area (Å²) in [6.07, 6.45) is 3.21. The predicted octanol–water partition coefficient (Wildman–Crippen LogP) is 4.49. The van der Waals surface area contributed by atoms with E-state index in [-0.39, 0.29) is 54.5 Å².